The summed E-state index contributed by atoms with van der Waals surface area (Å²) in [5, 5.41) is 2.94. The van der Waals surface area contributed by atoms with Gasteiger partial charge in [-0.25, -0.2) is 0 Å². The summed E-state index contributed by atoms with van der Waals surface area (Å²) >= 11 is 0. The van der Waals surface area contributed by atoms with Crippen molar-refractivity contribution in [3.8, 4) is 0 Å². The number of aryl methyl sites for hydroxylation is 1. The normalized spacial score (nSPS) is 23.6. The highest BCUT2D eigenvalue weighted by Crippen LogP contribution is 2.50. The van der Waals surface area contributed by atoms with Gasteiger partial charge in [0.2, 0.25) is 0 Å². The van der Waals surface area contributed by atoms with Crippen LogP contribution >= 0.6 is 0 Å². The van der Waals surface area contributed by atoms with Crippen LogP contribution in [0.4, 0.5) is 0 Å². The van der Waals surface area contributed by atoms with Gasteiger partial charge < -0.3 is 0 Å². The van der Waals surface area contributed by atoms with E-state index < -0.39 is 0 Å². The van der Waals surface area contributed by atoms with Crippen LogP contribution in [0.25, 0.3) is 10.8 Å². The van der Waals surface area contributed by atoms with Crippen molar-refractivity contribution in [2.45, 2.75) is 77.6 Å². The maximum Gasteiger partial charge on any atom is -0.00919 e. The Balaban J connectivity index is 0.000000128. The predicted octanol–water partition coefficient (Wildman–Crippen LogP) is 8.39. The fourth-order valence-corrected chi connectivity index (χ4v) is 6.53. The summed E-state index contributed by atoms with van der Waals surface area (Å²) in [5.74, 6) is 4.01. The van der Waals surface area contributed by atoms with Gasteiger partial charge in [-0.15, -0.1) is 0 Å². The Morgan fingerprint density at radius 2 is 1.40 bits per heavy atom. The third kappa shape index (κ3) is 3.29. The first-order valence-corrected chi connectivity index (χ1v) is 12.2. The Morgan fingerprint density at radius 3 is 2.17 bits per heavy atom. The Bertz CT molecular complexity index is 1050. The molecule has 0 heteroatoms. The van der Waals surface area contributed by atoms with Crippen LogP contribution in [0, 0.1) is 11.8 Å². The topological polar surface area (TPSA) is 0 Å². The van der Waals surface area contributed by atoms with Crippen LogP contribution < -0.4 is 0 Å². The largest absolute Gasteiger partial charge is 0.0622 e. The molecule has 3 unspecified atom stereocenters. The van der Waals surface area contributed by atoms with Gasteiger partial charge in [0.15, 0.2) is 0 Å². The molecule has 3 atom stereocenters. The van der Waals surface area contributed by atoms with Crippen molar-refractivity contribution in [3.05, 3.63) is 82.4 Å². The van der Waals surface area contributed by atoms with E-state index in [0.717, 1.165) is 29.6 Å². The Kier molecular flexibility index (Phi) is 5.21. The SMILES string of the molecule is CC(C)C1CC2CCCc3cccc1c32.CC(C)C1Cc2cccc3cccc1c23. The highest BCUT2D eigenvalue weighted by molar-refractivity contribution is 5.91. The molecule has 0 amide bonds. The molecule has 156 valence electrons. The van der Waals surface area contributed by atoms with Gasteiger partial charge in [-0.05, 0) is 100 Å². The Hall–Kier alpha value is -2.08. The van der Waals surface area contributed by atoms with E-state index in [2.05, 4.69) is 82.3 Å². The van der Waals surface area contributed by atoms with Crippen LogP contribution in [0.15, 0.2) is 54.6 Å². The van der Waals surface area contributed by atoms with Crippen LogP contribution in [-0.2, 0) is 12.8 Å². The molecule has 3 aromatic rings. The molecule has 0 aliphatic heterocycles. The lowest BCUT2D eigenvalue weighted by molar-refractivity contribution is 0.445. The summed E-state index contributed by atoms with van der Waals surface area (Å²) in [6.45, 7) is 9.41. The maximum atomic E-state index is 2.38. The van der Waals surface area contributed by atoms with Gasteiger partial charge in [-0.2, -0.15) is 0 Å². The molecule has 0 fully saturated rings. The Morgan fingerprint density at radius 1 is 0.733 bits per heavy atom. The fraction of sp³-hybridized carbons (Fsp3) is 0.467. The third-order valence-corrected chi connectivity index (χ3v) is 8.05. The number of hydrogen-bond donors (Lipinski definition) is 0. The average molecular weight is 397 g/mol. The van der Waals surface area contributed by atoms with Crippen molar-refractivity contribution >= 4 is 10.8 Å². The molecule has 0 radical (unpaired) electrons. The van der Waals surface area contributed by atoms with E-state index in [0.29, 0.717) is 0 Å². The van der Waals surface area contributed by atoms with Crippen molar-refractivity contribution in [2.24, 2.45) is 11.8 Å². The second-order valence-electron chi connectivity index (χ2n) is 10.5. The quantitative estimate of drug-likeness (QED) is 0.408. The van der Waals surface area contributed by atoms with Crippen molar-refractivity contribution < 1.29 is 0 Å². The van der Waals surface area contributed by atoms with Crippen molar-refractivity contribution in [3.63, 3.8) is 0 Å². The monoisotopic (exact) mass is 396 g/mol. The predicted molar refractivity (Wildman–Crippen MR) is 130 cm³/mol. The molecule has 30 heavy (non-hydrogen) atoms. The molecule has 0 saturated carbocycles. The van der Waals surface area contributed by atoms with Gasteiger partial charge in [0.25, 0.3) is 0 Å². The molecule has 6 rings (SSSR count). The van der Waals surface area contributed by atoms with E-state index in [1.54, 1.807) is 27.8 Å². The molecule has 3 aliphatic rings. The van der Waals surface area contributed by atoms with E-state index >= 15 is 0 Å². The second kappa shape index (κ2) is 7.88. The first kappa shape index (κ1) is 19.9. The molecular weight excluding hydrogens is 360 g/mol. The third-order valence-electron chi connectivity index (χ3n) is 8.05. The van der Waals surface area contributed by atoms with Crippen LogP contribution in [-0.4, -0.2) is 0 Å². The van der Waals surface area contributed by atoms with E-state index in [-0.39, 0.29) is 0 Å². The lowest BCUT2D eigenvalue weighted by atomic mass is 9.84. The van der Waals surface area contributed by atoms with Crippen molar-refractivity contribution in [1.82, 2.24) is 0 Å². The summed E-state index contributed by atoms with van der Waals surface area (Å²) in [6, 6.07) is 20.4. The summed E-state index contributed by atoms with van der Waals surface area (Å²) in [5.41, 5.74) is 8.21. The average Bonchev–Trinajstić information content (AvgIpc) is 3.32. The van der Waals surface area contributed by atoms with E-state index in [1.165, 1.54) is 42.9 Å². The minimum atomic E-state index is 0.728. The minimum Gasteiger partial charge on any atom is -0.0622 e. The van der Waals surface area contributed by atoms with Crippen LogP contribution in [0.5, 0.6) is 0 Å². The van der Waals surface area contributed by atoms with E-state index in [4.69, 9.17) is 0 Å². The summed E-state index contributed by atoms with van der Waals surface area (Å²) in [4.78, 5) is 0. The van der Waals surface area contributed by atoms with E-state index in [9.17, 15) is 0 Å². The Labute approximate surface area is 182 Å². The standard InChI is InChI=1S/C15H20.C15H16/c2*1-10(2)14-9-12-7-3-5-11-6-4-8-13(14)15(11)12/h4,6,8,10,12,14H,3,5,7,9H2,1-2H3;3-8,10,14H,9H2,1-2H3. The zero-order valence-electron chi connectivity index (χ0n) is 19.1. The molecule has 0 bridgehead atoms. The zero-order chi connectivity index (χ0) is 20.8. The lowest BCUT2D eigenvalue weighted by Gasteiger charge is -2.21. The number of rotatable bonds is 2. The molecule has 0 heterocycles. The molecule has 0 nitrogen and oxygen atoms in total. The van der Waals surface area contributed by atoms with Gasteiger partial charge in [0.1, 0.15) is 0 Å². The zero-order valence-corrected chi connectivity index (χ0v) is 19.1. The lowest BCUT2D eigenvalue weighted by Crippen LogP contribution is -2.05. The smallest absolute Gasteiger partial charge is 0.00919 e. The van der Waals surface area contributed by atoms with Gasteiger partial charge in [0.05, 0.1) is 0 Å². The summed E-state index contributed by atoms with van der Waals surface area (Å²) in [6.07, 6.45) is 6.82. The first-order valence-electron chi connectivity index (χ1n) is 12.2. The molecule has 3 aromatic carbocycles. The molecule has 0 N–H and O–H groups in total. The van der Waals surface area contributed by atoms with Crippen molar-refractivity contribution in [1.29, 1.82) is 0 Å². The molecule has 0 aromatic heterocycles. The molecular formula is C30H36. The van der Waals surface area contributed by atoms with Crippen molar-refractivity contribution in [2.75, 3.05) is 0 Å². The highest BCUT2D eigenvalue weighted by Gasteiger charge is 2.35. The summed E-state index contributed by atoms with van der Waals surface area (Å²) in [7, 11) is 0. The first-order chi connectivity index (χ1) is 14.5. The number of hydrogen-bond acceptors (Lipinski definition) is 0. The minimum absolute atomic E-state index is 0.728. The fourth-order valence-electron chi connectivity index (χ4n) is 6.53. The molecule has 0 spiro atoms. The maximum absolute atomic E-state index is 2.38. The number of benzene rings is 3. The summed E-state index contributed by atoms with van der Waals surface area (Å²) < 4.78 is 0. The molecule has 0 saturated heterocycles. The highest BCUT2D eigenvalue weighted by atomic mass is 14.4. The van der Waals surface area contributed by atoms with Gasteiger partial charge in [0, 0.05) is 0 Å². The molecule has 3 aliphatic carbocycles. The van der Waals surface area contributed by atoms with Gasteiger partial charge in [-0.3, -0.25) is 0 Å². The van der Waals surface area contributed by atoms with E-state index in [1.807, 2.05) is 0 Å². The van der Waals surface area contributed by atoms with Crippen LogP contribution in [0.1, 0.15) is 92.5 Å². The van der Waals surface area contributed by atoms with Crippen LogP contribution in [0.2, 0.25) is 0 Å². The van der Waals surface area contributed by atoms with Gasteiger partial charge in [-0.1, -0.05) is 82.3 Å². The second-order valence-corrected chi connectivity index (χ2v) is 10.5. The van der Waals surface area contributed by atoms with Gasteiger partial charge >= 0.3 is 0 Å². The van der Waals surface area contributed by atoms with Crippen LogP contribution in [0.3, 0.4) is 0 Å².